The summed E-state index contributed by atoms with van der Waals surface area (Å²) in [4.78, 5) is 36.7. The first kappa shape index (κ1) is 29.5. The average Bonchev–Trinajstić information content (AvgIpc) is 3.55. The van der Waals surface area contributed by atoms with Crippen LogP contribution in [0.25, 0.3) is 11.2 Å². The molecule has 0 aliphatic carbocycles. The Morgan fingerprint density at radius 1 is 1.10 bits per heavy atom. The number of benzene rings is 2. The smallest absolute Gasteiger partial charge is 0.309 e. The molecular formula is C30H34FN5O5Si. The number of nitrogens with zero attached hydrogens (tertiary/aromatic N) is 4. The van der Waals surface area contributed by atoms with Crippen molar-refractivity contribution in [1.29, 1.82) is 0 Å². The van der Waals surface area contributed by atoms with E-state index in [4.69, 9.17) is 9.16 Å². The maximum absolute atomic E-state index is 16.2. The summed E-state index contributed by atoms with van der Waals surface area (Å²) >= 11 is 0. The first-order chi connectivity index (χ1) is 20.0. The van der Waals surface area contributed by atoms with Crippen LogP contribution in [-0.2, 0) is 18.8 Å². The number of amides is 1. The molecule has 12 heteroatoms. The van der Waals surface area contributed by atoms with Gasteiger partial charge in [-0.25, -0.2) is 19.3 Å². The number of anilines is 1. The number of carbonyl (C=O) groups is 2. The number of rotatable bonds is 9. The van der Waals surface area contributed by atoms with Crippen LogP contribution in [0.15, 0.2) is 73.3 Å². The maximum atomic E-state index is 16.2. The van der Waals surface area contributed by atoms with Gasteiger partial charge in [-0.15, -0.1) is 0 Å². The van der Waals surface area contributed by atoms with Crippen LogP contribution in [0.4, 0.5) is 10.2 Å². The van der Waals surface area contributed by atoms with Gasteiger partial charge in [0, 0.05) is 19.4 Å². The van der Waals surface area contributed by atoms with Crippen LogP contribution < -0.4 is 15.7 Å². The quantitative estimate of drug-likeness (QED) is 0.283. The van der Waals surface area contributed by atoms with Gasteiger partial charge >= 0.3 is 5.97 Å². The standard InChI is InChI=1S/C30H34FN5O5Si/c1-19(37)35-26-25-27(33-17-32-26)36(18-34-25)28-24(31)22(15-40-28)23(29(38)39)16-41-42(30(2,3)4,20-11-7-5-8-12-20)21-13-9-6-10-14-21/h5-14,17-18,22-24,28H,15-16H2,1-4H3,(H,38,39)(H,32,33,35,37)/t22-,23-,24+,28+/m0/s1. The van der Waals surface area contributed by atoms with Gasteiger partial charge in [-0.05, 0) is 15.4 Å². The van der Waals surface area contributed by atoms with Gasteiger partial charge in [-0.2, -0.15) is 0 Å². The Morgan fingerprint density at radius 3 is 2.26 bits per heavy atom. The number of alkyl halides is 1. The number of imidazole rings is 1. The average molecular weight is 592 g/mol. The molecule has 1 aliphatic heterocycles. The Labute approximate surface area is 244 Å². The van der Waals surface area contributed by atoms with Gasteiger partial charge in [-0.3, -0.25) is 14.2 Å². The fraction of sp³-hybridized carbons (Fsp3) is 0.367. The normalized spacial score (nSPS) is 20.0. The molecule has 10 nitrogen and oxygen atoms in total. The molecule has 2 N–H and O–H groups in total. The molecule has 3 heterocycles. The summed E-state index contributed by atoms with van der Waals surface area (Å²) in [7, 11) is -3.05. The van der Waals surface area contributed by atoms with Crippen LogP contribution in [0, 0.1) is 11.8 Å². The van der Waals surface area contributed by atoms with Gasteiger partial charge in [-0.1, -0.05) is 81.4 Å². The fourth-order valence-electron chi connectivity index (χ4n) is 5.83. The minimum absolute atomic E-state index is 0.129. The lowest BCUT2D eigenvalue weighted by Crippen LogP contribution is -2.67. The molecule has 0 saturated carbocycles. The van der Waals surface area contributed by atoms with Crippen LogP contribution >= 0.6 is 0 Å². The highest BCUT2D eigenvalue weighted by molar-refractivity contribution is 6.99. The van der Waals surface area contributed by atoms with Crippen molar-refractivity contribution in [3.8, 4) is 0 Å². The molecule has 4 aromatic rings. The lowest BCUT2D eigenvalue weighted by Gasteiger charge is -2.43. The molecule has 4 atom stereocenters. The summed E-state index contributed by atoms with van der Waals surface area (Å²) in [5.41, 5.74) is 0.536. The zero-order valence-corrected chi connectivity index (χ0v) is 24.9. The number of hydrogen-bond acceptors (Lipinski definition) is 7. The molecule has 0 radical (unpaired) electrons. The summed E-state index contributed by atoms with van der Waals surface area (Å²) in [5.74, 6) is -3.46. The Bertz CT molecular complexity index is 1520. The van der Waals surface area contributed by atoms with E-state index in [1.54, 1.807) is 0 Å². The topological polar surface area (TPSA) is 128 Å². The fourth-order valence-corrected chi connectivity index (χ4v) is 10.4. The number of aromatic nitrogens is 4. The highest BCUT2D eigenvalue weighted by Crippen LogP contribution is 2.40. The SMILES string of the molecule is CC(=O)Nc1ncnc2c1ncn2[C@@H]1OC[C@@H]([C@H](CO[Si](c2ccccc2)(c2ccccc2)C(C)(C)C)C(=O)O)[C@H]1F. The molecule has 1 saturated heterocycles. The summed E-state index contributed by atoms with van der Waals surface area (Å²) in [6.07, 6.45) is -0.248. The molecule has 1 aliphatic rings. The van der Waals surface area contributed by atoms with Gasteiger partial charge in [0.15, 0.2) is 29.4 Å². The van der Waals surface area contributed by atoms with Crippen LogP contribution in [0.1, 0.15) is 33.9 Å². The monoisotopic (exact) mass is 591 g/mol. The van der Waals surface area contributed by atoms with Gasteiger partial charge in [0.2, 0.25) is 5.91 Å². The van der Waals surface area contributed by atoms with E-state index in [0.29, 0.717) is 0 Å². The lowest BCUT2D eigenvalue weighted by atomic mass is 9.90. The van der Waals surface area contributed by atoms with E-state index in [-0.39, 0.29) is 41.1 Å². The Hall–Kier alpha value is -4.00. The summed E-state index contributed by atoms with van der Waals surface area (Å²) in [5, 5.41) is 14.6. The molecule has 1 amide bonds. The second kappa shape index (κ2) is 11.7. The minimum Gasteiger partial charge on any atom is -0.481 e. The van der Waals surface area contributed by atoms with Gasteiger partial charge in [0.05, 0.1) is 18.9 Å². The van der Waals surface area contributed by atoms with Crippen LogP contribution in [0.3, 0.4) is 0 Å². The highest BCUT2D eigenvalue weighted by atomic mass is 28.4. The van der Waals surface area contributed by atoms with E-state index in [1.165, 1.54) is 24.1 Å². The third-order valence-corrected chi connectivity index (χ3v) is 12.8. The molecule has 0 bridgehead atoms. The maximum Gasteiger partial charge on any atom is 0.309 e. The molecule has 1 fully saturated rings. The lowest BCUT2D eigenvalue weighted by molar-refractivity contribution is -0.145. The van der Waals surface area contributed by atoms with E-state index in [2.05, 4.69) is 41.0 Å². The first-order valence-electron chi connectivity index (χ1n) is 13.7. The third-order valence-electron chi connectivity index (χ3n) is 7.80. The molecular weight excluding hydrogens is 557 g/mol. The molecule has 2 aromatic carbocycles. The van der Waals surface area contributed by atoms with Gasteiger partial charge in [0.1, 0.15) is 6.33 Å². The predicted octanol–water partition coefficient (Wildman–Crippen LogP) is 3.55. The van der Waals surface area contributed by atoms with Crippen molar-refractivity contribution in [2.45, 2.75) is 45.1 Å². The number of hydrogen-bond donors (Lipinski definition) is 2. The molecule has 0 spiro atoms. The van der Waals surface area contributed by atoms with Crippen molar-refractivity contribution in [2.75, 3.05) is 18.5 Å². The van der Waals surface area contributed by atoms with Crippen molar-refractivity contribution in [3.63, 3.8) is 0 Å². The number of ether oxygens (including phenoxy) is 1. The molecule has 42 heavy (non-hydrogen) atoms. The summed E-state index contributed by atoms with van der Waals surface area (Å²) in [6, 6.07) is 19.8. The van der Waals surface area contributed by atoms with E-state index in [1.807, 2.05) is 60.7 Å². The summed E-state index contributed by atoms with van der Waals surface area (Å²) < 4.78 is 30.3. The van der Waals surface area contributed by atoms with E-state index in [0.717, 1.165) is 10.4 Å². The first-order valence-corrected chi connectivity index (χ1v) is 15.6. The van der Waals surface area contributed by atoms with E-state index in [9.17, 15) is 14.7 Å². The second-order valence-electron chi connectivity index (χ2n) is 11.5. The number of carboxylic acid groups (broad SMARTS) is 1. The zero-order valence-electron chi connectivity index (χ0n) is 23.9. The molecule has 2 aromatic heterocycles. The minimum atomic E-state index is -3.05. The zero-order chi connectivity index (χ0) is 30.1. The van der Waals surface area contributed by atoms with E-state index >= 15 is 4.39 Å². The van der Waals surface area contributed by atoms with Crippen LogP contribution in [-0.4, -0.2) is 64.2 Å². The van der Waals surface area contributed by atoms with Crippen LogP contribution in [0.5, 0.6) is 0 Å². The Kier molecular flexibility index (Phi) is 8.22. The number of aliphatic carboxylic acids is 1. The third kappa shape index (κ3) is 5.32. The van der Waals surface area contributed by atoms with Crippen LogP contribution in [0.2, 0.25) is 5.04 Å². The number of fused-ring (bicyclic) bond motifs is 1. The number of halogens is 1. The largest absolute Gasteiger partial charge is 0.481 e. The molecule has 220 valence electrons. The second-order valence-corrected chi connectivity index (χ2v) is 15.8. The van der Waals surface area contributed by atoms with Gasteiger partial charge < -0.3 is 19.6 Å². The summed E-state index contributed by atoms with van der Waals surface area (Å²) in [6.45, 7) is 7.32. The number of carbonyl (C=O) groups excluding carboxylic acids is 1. The molecule has 0 unspecified atom stereocenters. The van der Waals surface area contributed by atoms with Crippen molar-refractivity contribution in [3.05, 3.63) is 73.3 Å². The van der Waals surface area contributed by atoms with Crippen molar-refractivity contribution < 1.29 is 28.2 Å². The van der Waals surface area contributed by atoms with Crippen molar-refractivity contribution in [1.82, 2.24) is 19.5 Å². The number of nitrogens with one attached hydrogen (secondary N) is 1. The predicted molar refractivity (Wildman–Crippen MR) is 158 cm³/mol. The van der Waals surface area contributed by atoms with Crippen molar-refractivity contribution >= 4 is 47.5 Å². The van der Waals surface area contributed by atoms with Gasteiger partial charge in [0.25, 0.3) is 8.32 Å². The van der Waals surface area contributed by atoms with E-state index < -0.39 is 38.5 Å². The van der Waals surface area contributed by atoms with Crippen molar-refractivity contribution in [2.24, 2.45) is 11.8 Å². The Balaban J connectivity index is 1.46. The highest BCUT2D eigenvalue weighted by Gasteiger charge is 2.52. The molecule has 5 rings (SSSR count). The Morgan fingerprint density at radius 2 is 1.71 bits per heavy atom. The number of carboxylic acids is 1.